The number of benzene rings is 3. The number of hydrazone groups is 1. The second kappa shape index (κ2) is 11.4. The van der Waals surface area contributed by atoms with E-state index in [-0.39, 0.29) is 22.1 Å². The zero-order chi connectivity index (χ0) is 25.5. The third-order valence-corrected chi connectivity index (χ3v) is 5.35. The van der Waals surface area contributed by atoms with Crippen LogP contribution in [0.1, 0.15) is 36.8 Å². The predicted molar refractivity (Wildman–Crippen MR) is 136 cm³/mol. The first-order valence-electron chi connectivity index (χ1n) is 10.5. The Morgan fingerprint density at radius 2 is 1.67 bits per heavy atom. The van der Waals surface area contributed by atoms with E-state index in [0.717, 1.165) is 0 Å². The minimum absolute atomic E-state index is 0.170. The Hall–Kier alpha value is -4.40. The fraction of sp³-hybridized carbons (Fsp3) is 0. The van der Waals surface area contributed by atoms with Crippen molar-refractivity contribution in [2.24, 2.45) is 5.10 Å². The van der Waals surface area contributed by atoms with E-state index >= 15 is 0 Å². The summed E-state index contributed by atoms with van der Waals surface area (Å²) in [6.45, 7) is 0. The number of carbonyl (C=O) groups is 3. The number of hydrogen-bond acceptors (Lipinski definition) is 6. The average Bonchev–Trinajstić information content (AvgIpc) is 3.41. The summed E-state index contributed by atoms with van der Waals surface area (Å²) in [6.07, 6.45) is 2.70. The minimum atomic E-state index is -0.652. The smallest absolute Gasteiger partial charge is 0.345 e. The molecule has 0 aliphatic rings. The van der Waals surface area contributed by atoms with Crippen molar-refractivity contribution in [2.45, 2.75) is 0 Å². The van der Waals surface area contributed by atoms with Crippen molar-refractivity contribution in [3.63, 3.8) is 0 Å². The molecule has 8 nitrogen and oxygen atoms in total. The van der Waals surface area contributed by atoms with Gasteiger partial charge in [-0.2, -0.15) is 5.10 Å². The average molecular weight is 522 g/mol. The van der Waals surface area contributed by atoms with Crippen LogP contribution < -0.4 is 15.5 Å². The van der Waals surface area contributed by atoms with Crippen LogP contribution in [0, 0.1) is 0 Å². The Labute approximate surface area is 215 Å². The molecule has 2 amide bonds. The van der Waals surface area contributed by atoms with Gasteiger partial charge in [0, 0.05) is 21.8 Å². The lowest BCUT2D eigenvalue weighted by molar-refractivity contribution is 0.0734. The maximum Gasteiger partial charge on any atom is 0.345 e. The van der Waals surface area contributed by atoms with E-state index in [4.69, 9.17) is 32.4 Å². The molecule has 0 bridgehead atoms. The highest BCUT2D eigenvalue weighted by Gasteiger charge is 2.15. The molecule has 10 heteroatoms. The van der Waals surface area contributed by atoms with Gasteiger partial charge in [0.05, 0.1) is 23.1 Å². The number of anilines is 1. The normalized spacial score (nSPS) is 10.7. The van der Waals surface area contributed by atoms with E-state index in [1.54, 1.807) is 48.5 Å². The number of carbonyl (C=O) groups excluding carboxylic acids is 3. The van der Waals surface area contributed by atoms with Crippen LogP contribution in [0.3, 0.4) is 0 Å². The summed E-state index contributed by atoms with van der Waals surface area (Å²) in [6, 6.07) is 20.4. The van der Waals surface area contributed by atoms with Crippen LogP contribution >= 0.6 is 23.2 Å². The van der Waals surface area contributed by atoms with E-state index in [1.165, 1.54) is 42.8 Å². The molecule has 3 aromatic carbocycles. The van der Waals surface area contributed by atoms with Crippen LogP contribution in [-0.2, 0) is 0 Å². The van der Waals surface area contributed by atoms with Crippen molar-refractivity contribution in [3.8, 4) is 5.75 Å². The van der Waals surface area contributed by atoms with Gasteiger partial charge in [0.2, 0.25) is 0 Å². The number of nitrogens with one attached hydrogen (secondary N) is 2. The van der Waals surface area contributed by atoms with Gasteiger partial charge in [-0.25, -0.2) is 10.2 Å². The van der Waals surface area contributed by atoms with Crippen molar-refractivity contribution in [3.05, 3.63) is 118 Å². The van der Waals surface area contributed by atoms with E-state index in [9.17, 15) is 14.4 Å². The summed E-state index contributed by atoms with van der Waals surface area (Å²) in [5.74, 6) is -1.20. The summed E-state index contributed by atoms with van der Waals surface area (Å²) in [4.78, 5) is 37.0. The summed E-state index contributed by atoms with van der Waals surface area (Å²) in [7, 11) is 0. The summed E-state index contributed by atoms with van der Waals surface area (Å²) >= 11 is 12.1. The van der Waals surface area contributed by atoms with Crippen LogP contribution in [0.4, 0.5) is 5.69 Å². The standard InChI is InChI=1S/C26H17Cl2N3O5/c27-18-9-12-22(36-26(34)20-4-1-2-5-21(20)28)17(14-18)15-29-31-24(32)16-7-10-19(11-8-16)30-25(33)23-6-3-13-35-23/h1-15H,(H,30,33)(H,31,32)/b29-15+. The van der Waals surface area contributed by atoms with Gasteiger partial charge in [0.15, 0.2) is 5.76 Å². The second-order valence-electron chi connectivity index (χ2n) is 7.26. The van der Waals surface area contributed by atoms with Crippen LogP contribution in [-0.4, -0.2) is 24.0 Å². The van der Waals surface area contributed by atoms with Gasteiger partial charge in [-0.15, -0.1) is 0 Å². The van der Waals surface area contributed by atoms with Crippen molar-refractivity contribution >= 4 is 52.9 Å². The number of rotatable bonds is 7. The molecule has 0 saturated carbocycles. The number of esters is 1. The van der Waals surface area contributed by atoms with Gasteiger partial charge >= 0.3 is 5.97 Å². The van der Waals surface area contributed by atoms with Crippen molar-refractivity contribution in [1.29, 1.82) is 0 Å². The Morgan fingerprint density at radius 3 is 2.39 bits per heavy atom. The summed E-state index contributed by atoms with van der Waals surface area (Å²) in [5.41, 5.74) is 3.75. The quantitative estimate of drug-likeness (QED) is 0.138. The van der Waals surface area contributed by atoms with Crippen LogP contribution in [0.2, 0.25) is 10.0 Å². The van der Waals surface area contributed by atoms with Crippen LogP contribution in [0.5, 0.6) is 5.75 Å². The van der Waals surface area contributed by atoms with Gasteiger partial charge in [-0.1, -0.05) is 35.3 Å². The van der Waals surface area contributed by atoms with E-state index in [2.05, 4.69) is 15.8 Å². The second-order valence-corrected chi connectivity index (χ2v) is 8.10. The highest BCUT2D eigenvalue weighted by atomic mass is 35.5. The monoisotopic (exact) mass is 521 g/mol. The first-order chi connectivity index (χ1) is 17.4. The Kier molecular flexibility index (Phi) is 7.79. The van der Waals surface area contributed by atoms with Gasteiger partial charge in [0.1, 0.15) is 5.75 Å². The van der Waals surface area contributed by atoms with Gasteiger partial charge in [-0.05, 0) is 66.7 Å². The minimum Gasteiger partial charge on any atom is -0.459 e. The van der Waals surface area contributed by atoms with E-state index in [0.29, 0.717) is 21.8 Å². The molecular formula is C26H17Cl2N3O5. The summed E-state index contributed by atoms with van der Waals surface area (Å²) in [5, 5.41) is 7.24. The topological polar surface area (TPSA) is 110 Å². The van der Waals surface area contributed by atoms with E-state index < -0.39 is 17.8 Å². The highest BCUT2D eigenvalue weighted by molar-refractivity contribution is 6.33. The van der Waals surface area contributed by atoms with Crippen molar-refractivity contribution < 1.29 is 23.5 Å². The molecule has 36 heavy (non-hydrogen) atoms. The van der Waals surface area contributed by atoms with Gasteiger partial charge in [-0.3, -0.25) is 9.59 Å². The third-order valence-electron chi connectivity index (χ3n) is 4.79. The maximum absolute atomic E-state index is 12.5. The van der Waals surface area contributed by atoms with E-state index in [1.807, 2.05) is 0 Å². The summed E-state index contributed by atoms with van der Waals surface area (Å²) < 4.78 is 10.5. The molecule has 0 unspecified atom stereocenters. The number of amides is 2. The number of halogens is 2. The number of furan rings is 1. The molecule has 4 rings (SSSR count). The number of nitrogens with zero attached hydrogens (tertiary/aromatic N) is 1. The molecule has 2 N–H and O–H groups in total. The molecule has 1 heterocycles. The molecule has 0 saturated heterocycles. The van der Waals surface area contributed by atoms with Crippen molar-refractivity contribution in [2.75, 3.05) is 5.32 Å². The van der Waals surface area contributed by atoms with Crippen LogP contribution in [0.15, 0.2) is 94.6 Å². The molecule has 0 radical (unpaired) electrons. The van der Waals surface area contributed by atoms with Crippen molar-refractivity contribution in [1.82, 2.24) is 5.43 Å². The zero-order valence-corrected chi connectivity index (χ0v) is 19.9. The predicted octanol–water partition coefficient (Wildman–Crippen LogP) is 5.82. The fourth-order valence-corrected chi connectivity index (χ4v) is 3.42. The zero-order valence-electron chi connectivity index (χ0n) is 18.4. The number of hydrogen-bond donors (Lipinski definition) is 2. The molecule has 0 aliphatic carbocycles. The fourth-order valence-electron chi connectivity index (χ4n) is 3.03. The first kappa shape index (κ1) is 24.7. The Balaban J connectivity index is 1.40. The lowest BCUT2D eigenvalue weighted by Gasteiger charge is -2.09. The molecule has 1 aromatic heterocycles. The lowest BCUT2D eigenvalue weighted by atomic mass is 10.2. The van der Waals surface area contributed by atoms with Gasteiger partial charge in [0.25, 0.3) is 11.8 Å². The Morgan fingerprint density at radius 1 is 0.889 bits per heavy atom. The Bertz CT molecular complexity index is 1430. The van der Waals surface area contributed by atoms with Gasteiger partial charge < -0.3 is 14.5 Å². The largest absolute Gasteiger partial charge is 0.459 e. The molecule has 4 aromatic rings. The number of ether oxygens (including phenoxy) is 1. The molecule has 180 valence electrons. The first-order valence-corrected chi connectivity index (χ1v) is 11.2. The third kappa shape index (κ3) is 6.18. The lowest BCUT2D eigenvalue weighted by Crippen LogP contribution is -2.18. The molecule has 0 fully saturated rings. The highest BCUT2D eigenvalue weighted by Crippen LogP contribution is 2.24. The molecule has 0 atom stereocenters. The van der Waals surface area contributed by atoms with Crippen LogP contribution in [0.25, 0.3) is 0 Å². The molecule has 0 aliphatic heterocycles. The maximum atomic E-state index is 12.5. The molecule has 0 spiro atoms. The SMILES string of the molecule is O=C(N/N=C/c1cc(Cl)ccc1OC(=O)c1ccccc1Cl)c1ccc(NC(=O)c2ccco2)cc1. The molecular weight excluding hydrogens is 505 g/mol.